The van der Waals surface area contributed by atoms with E-state index in [1.807, 2.05) is 0 Å². The van der Waals surface area contributed by atoms with Gasteiger partial charge >= 0.3 is 0 Å². The normalized spacial score (nSPS) is 11.3. The molecule has 2 aromatic carbocycles. The standard InChI is InChI=1S/C15H11Cl2N5O4S/c16-11-5-4-10(14(17)6-11)8-21-9-18-15(19-21)20-27(25,26)13-3-1-2-12(7-13)22(23)24/h1-7,9H,8H2,(H,19,20). The predicted molar refractivity (Wildman–Crippen MR) is 99.5 cm³/mol. The van der Waals surface area contributed by atoms with Gasteiger partial charge in [-0.2, -0.15) is 4.98 Å². The van der Waals surface area contributed by atoms with Gasteiger partial charge in [-0.1, -0.05) is 35.3 Å². The lowest BCUT2D eigenvalue weighted by Crippen LogP contribution is -2.14. The predicted octanol–water partition coefficient (Wildman–Crippen LogP) is 3.34. The van der Waals surface area contributed by atoms with Gasteiger partial charge in [0, 0.05) is 22.2 Å². The maximum atomic E-state index is 12.4. The molecule has 3 rings (SSSR count). The van der Waals surface area contributed by atoms with Gasteiger partial charge in [-0.25, -0.2) is 17.8 Å². The van der Waals surface area contributed by atoms with Crippen LogP contribution in [0.1, 0.15) is 5.56 Å². The highest BCUT2D eigenvalue weighted by Crippen LogP contribution is 2.22. The summed E-state index contributed by atoms with van der Waals surface area (Å²) >= 11 is 11.9. The van der Waals surface area contributed by atoms with Crippen molar-refractivity contribution >= 4 is 44.9 Å². The molecule has 0 aliphatic rings. The molecule has 1 heterocycles. The molecule has 140 valence electrons. The molecule has 3 aromatic rings. The van der Waals surface area contributed by atoms with Crippen molar-refractivity contribution in [2.45, 2.75) is 11.4 Å². The number of nitrogens with one attached hydrogen (secondary N) is 1. The Morgan fingerprint density at radius 2 is 1.96 bits per heavy atom. The van der Waals surface area contributed by atoms with Crippen LogP contribution in [0.2, 0.25) is 10.0 Å². The number of hydrogen-bond donors (Lipinski definition) is 1. The summed E-state index contributed by atoms with van der Waals surface area (Å²) < 4.78 is 28.3. The van der Waals surface area contributed by atoms with Crippen molar-refractivity contribution in [2.75, 3.05) is 4.72 Å². The lowest BCUT2D eigenvalue weighted by Gasteiger charge is -2.05. The van der Waals surface area contributed by atoms with Crippen LogP contribution in [0.25, 0.3) is 0 Å². The molecule has 0 aliphatic carbocycles. The van der Waals surface area contributed by atoms with Gasteiger partial charge < -0.3 is 0 Å². The summed E-state index contributed by atoms with van der Waals surface area (Å²) in [6.07, 6.45) is 1.33. The van der Waals surface area contributed by atoms with E-state index < -0.39 is 14.9 Å². The monoisotopic (exact) mass is 427 g/mol. The van der Waals surface area contributed by atoms with Gasteiger partial charge in [0.2, 0.25) is 0 Å². The number of nitro groups is 1. The molecule has 0 radical (unpaired) electrons. The highest BCUT2D eigenvalue weighted by atomic mass is 35.5. The lowest BCUT2D eigenvalue weighted by molar-refractivity contribution is -0.385. The van der Waals surface area contributed by atoms with E-state index in [1.54, 1.807) is 18.2 Å². The third-order valence-corrected chi connectivity index (χ3v) is 5.36. The molecule has 0 saturated carbocycles. The SMILES string of the molecule is O=[N+]([O-])c1cccc(S(=O)(=O)Nc2ncn(Cc3ccc(Cl)cc3Cl)n2)c1. The number of hydrogen-bond acceptors (Lipinski definition) is 6. The first-order chi connectivity index (χ1) is 12.7. The van der Waals surface area contributed by atoms with Crippen LogP contribution in [0.15, 0.2) is 53.7 Å². The molecule has 0 amide bonds. The second-order valence-electron chi connectivity index (χ2n) is 5.36. The zero-order chi connectivity index (χ0) is 19.6. The molecule has 1 aromatic heterocycles. The van der Waals surface area contributed by atoms with Crippen molar-refractivity contribution in [1.82, 2.24) is 14.8 Å². The largest absolute Gasteiger partial charge is 0.270 e. The minimum Gasteiger partial charge on any atom is -0.258 e. The van der Waals surface area contributed by atoms with E-state index in [1.165, 1.54) is 29.2 Å². The summed E-state index contributed by atoms with van der Waals surface area (Å²) in [4.78, 5) is 13.7. The van der Waals surface area contributed by atoms with E-state index in [2.05, 4.69) is 14.8 Å². The molecule has 0 saturated heterocycles. The van der Waals surface area contributed by atoms with E-state index in [0.29, 0.717) is 10.0 Å². The fourth-order valence-electron chi connectivity index (χ4n) is 2.19. The minimum absolute atomic E-state index is 0.174. The minimum atomic E-state index is -4.08. The molecule has 0 spiro atoms. The Hall–Kier alpha value is -2.69. The number of halogens is 2. The molecular weight excluding hydrogens is 417 g/mol. The topological polar surface area (TPSA) is 120 Å². The molecule has 0 bridgehead atoms. The summed E-state index contributed by atoms with van der Waals surface area (Å²) in [7, 11) is -4.08. The second-order valence-corrected chi connectivity index (χ2v) is 7.89. The molecule has 0 atom stereocenters. The Labute approximate surface area is 163 Å². The fraction of sp³-hybridized carbons (Fsp3) is 0.0667. The van der Waals surface area contributed by atoms with E-state index in [4.69, 9.17) is 23.2 Å². The Bertz CT molecular complexity index is 1120. The maximum absolute atomic E-state index is 12.4. The highest BCUT2D eigenvalue weighted by molar-refractivity contribution is 7.92. The van der Waals surface area contributed by atoms with Crippen molar-refractivity contribution in [1.29, 1.82) is 0 Å². The van der Waals surface area contributed by atoms with Gasteiger partial charge in [-0.15, -0.1) is 5.10 Å². The number of anilines is 1. The fourth-order valence-corrected chi connectivity index (χ4v) is 3.64. The summed E-state index contributed by atoms with van der Waals surface area (Å²) in [5, 5.41) is 15.8. The van der Waals surface area contributed by atoms with Crippen LogP contribution in [0.4, 0.5) is 11.6 Å². The summed E-state index contributed by atoms with van der Waals surface area (Å²) in [5.74, 6) is -0.174. The number of non-ortho nitro benzene ring substituents is 1. The zero-order valence-electron chi connectivity index (χ0n) is 13.4. The molecule has 0 fully saturated rings. The number of benzene rings is 2. The number of nitro benzene ring substituents is 1. The quantitative estimate of drug-likeness (QED) is 0.475. The van der Waals surface area contributed by atoms with E-state index >= 15 is 0 Å². The summed E-state index contributed by atoms with van der Waals surface area (Å²) in [6, 6.07) is 9.64. The molecule has 0 aliphatic heterocycles. The first-order valence-corrected chi connectivity index (χ1v) is 9.59. The van der Waals surface area contributed by atoms with Gasteiger partial charge in [0.1, 0.15) is 6.33 Å². The highest BCUT2D eigenvalue weighted by Gasteiger charge is 2.19. The van der Waals surface area contributed by atoms with Crippen molar-refractivity contribution in [3.63, 3.8) is 0 Å². The molecule has 27 heavy (non-hydrogen) atoms. The third kappa shape index (κ3) is 4.54. The van der Waals surface area contributed by atoms with E-state index in [-0.39, 0.29) is 23.1 Å². The Balaban J connectivity index is 1.78. The molecular formula is C15H11Cl2N5O4S. The summed E-state index contributed by atoms with van der Waals surface area (Å²) in [5.41, 5.74) is 0.382. The average Bonchev–Trinajstić information content (AvgIpc) is 3.04. The van der Waals surface area contributed by atoms with Crippen LogP contribution < -0.4 is 4.72 Å². The van der Waals surface area contributed by atoms with Crippen LogP contribution in [0.5, 0.6) is 0 Å². The Morgan fingerprint density at radius 1 is 1.19 bits per heavy atom. The van der Waals surface area contributed by atoms with Gasteiger partial charge in [-0.05, 0) is 23.8 Å². The van der Waals surface area contributed by atoms with Crippen LogP contribution in [0.3, 0.4) is 0 Å². The molecule has 9 nitrogen and oxygen atoms in total. The first-order valence-electron chi connectivity index (χ1n) is 7.35. The van der Waals surface area contributed by atoms with Crippen molar-refractivity contribution in [3.05, 3.63) is 74.5 Å². The zero-order valence-corrected chi connectivity index (χ0v) is 15.7. The van der Waals surface area contributed by atoms with E-state index in [9.17, 15) is 18.5 Å². The van der Waals surface area contributed by atoms with Gasteiger partial charge in [-0.3, -0.25) is 10.1 Å². The number of nitrogens with zero attached hydrogens (tertiary/aromatic N) is 4. The average molecular weight is 428 g/mol. The Kier molecular flexibility index (Phi) is 5.31. The molecule has 1 N–H and O–H groups in total. The lowest BCUT2D eigenvalue weighted by atomic mass is 10.2. The smallest absolute Gasteiger partial charge is 0.258 e. The van der Waals surface area contributed by atoms with Gasteiger partial charge in [0.05, 0.1) is 16.4 Å². The maximum Gasteiger partial charge on any atom is 0.270 e. The van der Waals surface area contributed by atoms with Crippen molar-refractivity contribution < 1.29 is 13.3 Å². The Morgan fingerprint density at radius 3 is 2.67 bits per heavy atom. The van der Waals surface area contributed by atoms with Crippen molar-refractivity contribution in [3.8, 4) is 0 Å². The molecule has 12 heteroatoms. The summed E-state index contributed by atoms with van der Waals surface area (Å²) in [6.45, 7) is 0.252. The second kappa shape index (κ2) is 7.51. The number of aromatic nitrogens is 3. The number of rotatable bonds is 6. The third-order valence-electron chi connectivity index (χ3n) is 3.45. The van der Waals surface area contributed by atoms with E-state index in [0.717, 1.165) is 11.6 Å². The van der Waals surface area contributed by atoms with Gasteiger partial charge in [0.25, 0.3) is 21.7 Å². The van der Waals surface area contributed by atoms with Crippen LogP contribution in [-0.4, -0.2) is 28.1 Å². The van der Waals surface area contributed by atoms with Gasteiger partial charge in [0.15, 0.2) is 0 Å². The van der Waals surface area contributed by atoms with Crippen molar-refractivity contribution in [2.24, 2.45) is 0 Å². The van der Waals surface area contributed by atoms with Crippen LogP contribution in [0, 0.1) is 10.1 Å². The molecule has 0 unspecified atom stereocenters. The number of sulfonamides is 1. The van der Waals surface area contributed by atoms with Crippen LogP contribution in [-0.2, 0) is 16.6 Å². The van der Waals surface area contributed by atoms with Crippen LogP contribution >= 0.6 is 23.2 Å². The first kappa shape index (κ1) is 19.1.